The zero-order chi connectivity index (χ0) is 17.4. The van der Waals surface area contributed by atoms with Crippen LogP contribution in [0.1, 0.15) is 51.9 Å². The molecule has 132 valence electrons. The molecular weight excluding hydrogens is 304 g/mol. The van der Waals surface area contributed by atoms with Crippen LogP contribution in [-0.2, 0) is 9.59 Å². The number of nitrogens with zero attached hydrogens (tertiary/aromatic N) is 1. The first-order valence-corrected chi connectivity index (χ1v) is 8.82. The number of carbonyl (C=O) groups is 2. The van der Waals surface area contributed by atoms with Crippen LogP contribution in [0.25, 0.3) is 0 Å². The van der Waals surface area contributed by atoms with Crippen molar-refractivity contribution < 1.29 is 14.3 Å². The normalized spacial score (nSPS) is 15.4. The van der Waals surface area contributed by atoms with Crippen LogP contribution in [0.2, 0.25) is 0 Å². The molecule has 24 heavy (non-hydrogen) atoms. The van der Waals surface area contributed by atoms with E-state index in [1.165, 1.54) is 25.7 Å². The molecule has 1 saturated carbocycles. The Morgan fingerprint density at radius 2 is 1.83 bits per heavy atom. The molecular formula is C19H28N2O3. The molecule has 0 atom stereocenters. The summed E-state index contributed by atoms with van der Waals surface area (Å²) in [4.78, 5) is 26.1. The third-order valence-electron chi connectivity index (χ3n) is 4.63. The van der Waals surface area contributed by atoms with Crippen LogP contribution >= 0.6 is 0 Å². The number of ether oxygens (including phenoxy) is 1. The number of amides is 2. The first-order valence-electron chi connectivity index (χ1n) is 8.82. The molecule has 0 spiro atoms. The molecule has 1 N–H and O–H groups in total. The highest BCUT2D eigenvalue weighted by atomic mass is 16.5. The Labute approximate surface area is 144 Å². The van der Waals surface area contributed by atoms with Crippen molar-refractivity contribution in [2.75, 3.05) is 19.0 Å². The number of anilines is 1. The fourth-order valence-electron chi connectivity index (χ4n) is 3.35. The number of hydrogen-bond donors (Lipinski definition) is 1. The molecule has 5 nitrogen and oxygen atoms in total. The molecule has 2 rings (SSSR count). The highest BCUT2D eigenvalue weighted by Crippen LogP contribution is 2.24. The lowest BCUT2D eigenvalue weighted by Crippen LogP contribution is -2.40. The van der Waals surface area contributed by atoms with E-state index >= 15 is 0 Å². The Bertz CT molecular complexity index is 551. The van der Waals surface area contributed by atoms with Crippen LogP contribution in [0.4, 0.5) is 5.69 Å². The quantitative estimate of drug-likeness (QED) is 0.810. The van der Waals surface area contributed by atoms with E-state index in [1.54, 1.807) is 14.0 Å². The van der Waals surface area contributed by atoms with Gasteiger partial charge in [-0.2, -0.15) is 0 Å². The fourth-order valence-corrected chi connectivity index (χ4v) is 3.35. The van der Waals surface area contributed by atoms with E-state index in [0.29, 0.717) is 24.4 Å². The second kappa shape index (κ2) is 9.30. The molecule has 0 unspecified atom stereocenters. The Morgan fingerprint density at radius 1 is 1.17 bits per heavy atom. The van der Waals surface area contributed by atoms with Gasteiger partial charge in [0.25, 0.3) is 0 Å². The summed E-state index contributed by atoms with van der Waals surface area (Å²) in [5, 5.41) is 2.87. The van der Waals surface area contributed by atoms with E-state index in [9.17, 15) is 9.59 Å². The van der Waals surface area contributed by atoms with Crippen molar-refractivity contribution in [3.63, 3.8) is 0 Å². The van der Waals surface area contributed by atoms with Crippen molar-refractivity contribution in [1.82, 2.24) is 4.90 Å². The lowest BCUT2D eigenvalue weighted by molar-refractivity contribution is -0.131. The predicted octanol–water partition coefficient (Wildman–Crippen LogP) is 3.60. The molecule has 1 aromatic rings. The highest BCUT2D eigenvalue weighted by molar-refractivity contribution is 5.92. The third kappa shape index (κ3) is 5.25. The van der Waals surface area contributed by atoms with Gasteiger partial charge in [0.05, 0.1) is 12.8 Å². The fraction of sp³-hybridized carbons (Fsp3) is 0.579. The molecule has 0 aliphatic heterocycles. The van der Waals surface area contributed by atoms with E-state index in [-0.39, 0.29) is 17.9 Å². The van der Waals surface area contributed by atoms with E-state index in [2.05, 4.69) is 5.32 Å². The minimum absolute atomic E-state index is 0.0620. The lowest BCUT2D eigenvalue weighted by Gasteiger charge is -2.30. The highest BCUT2D eigenvalue weighted by Gasteiger charge is 2.22. The second-order valence-corrected chi connectivity index (χ2v) is 6.36. The van der Waals surface area contributed by atoms with Crippen molar-refractivity contribution >= 4 is 17.5 Å². The summed E-state index contributed by atoms with van der Waals surface area (Å²) in [5.74, 6) is 0.601. The monoisotopic (exact) mass is 332 g/mol. The number of benzene rings is 1. The van der Waals surface area contributed by atoms with E-state index < -0.39 is 0 Å². The standard InChI is InChI=1S/C19H28N2O3/c1-15(22)21(16-9-5-3-4-6-10-16)14-13-19(23)20-17-11-7-8-12-18(17)24-2/h7-8,11-12,16H,3-6,9-10,13-14H2,1-2H3,(H,20,23). The van der Waals surface area contributed by atoms with Gasteiger partial charge in [-0.05, 0) is 25.0 Å². The van der Waals surface area contributed by atoms with Gasteiger partial charge >= 0.3 is 0 Å². The largest absolute Gasteiger partial charge is 0.495 e. The Morgan fingerprint density at radius 3 is 2.46 bits per heavy atom. The maximum Gasteiger partial charge on any atom is 0.226 e. The van der Waals surface area contributed by atoms with Crippen molar-refractivity contribution in [1.29, 1.82) is 0 Å². The summed E-state index contributed by atoms with van der Waals surface area (Å²) < 4.78 is 5.24. The molecule has 1 fully saturated rings. The Balaban J connectivity index is 1.91. The van der Waals surface area contributed by atoms with Gasteiger partial charge in [0.1, 0.15) is 5.75 Å². The van der Waals surface area contributed by atoms with Gasteiger partial charge in [-0.15, -0.1) is 0 Å². The summed E-state index contributed by atoms with van der Waals surface area (Å²) in [6.45, 7) is 2.07. The molecule has 0 saturated heterocycles. The number of rotatable bonds is 6. The number of para-hydroxylation sites is 2. The van der Waals surface area contributed by atoms with Crippen molar-refractivity contribution in [2.45, 2.75) is 57.9 Å². The molecule has 0 heterocycles. The first-order chi connectivity index (χ1) is 11.6. The van der Waals surface area contributed by atoms with Gasteiger partial charge in [-0.1, -0.05) is 37.8 Å². The molecule has 5 heteroatoms. The lowest BCUT2D eigenvalue weighted by atomic mass is 10.1. The van der Waals surface area contributed by atoms with Gasteiger partial charge in [-0.3, -0.25) is 9.59 Å². The Kier molecular flexibility index (Phi) is 7.09. The van der Waals surface area contributed by atoms with Crippen LogP contribution in [-0.4, -0.2) is 36.4 Å². The molecule has 0 aromatic heterocycles. The predicted molar refractivity (Wildman–Crippen MR) is 95.1 cm³/mol. The van der Waals surface area contributed by atoms with Crippen LogP contribution in [0.3, 0.4) is 0 Å². The molecule has 0 bridgehead atoms. The second-order valence-electron chi connectivity index (χ2n) is 6.36. The van der Waals surface area contributed by atoms with Crippen LogP contribution in [0, 0.1) is 0 Å². The molecule has 1 aromatic carbocycles. The Hall–Kier alpha value is -2.04. The molecule has 1 aliphatic rings. The third-order valence-corrected chi connectivity index (χ3v) is 4.63. The maximum absolute atomic E-state index is 12.3. The molecule has 1 aliphatic carbocycles. The minimum atomic E-state index is -0.0978. The van der Waals surface area contributed by atoms with Crippen molar-refractivity contribution in [2.24, 2.45) is 0 Å². The zero-order valence-corrected chi connectivity index (χ0v) is 14.7. The van der Waals surface area contributed by atoms with Crippen LogP contribution in [0.15, 0.2) is 24.3 Å². The van der Waals surface area contributed by atoms with Gasteiger partial charge in [-0.25, -0.2) is 0 Å². The number of methoxy groups -OCH3 is 1. The molecule has 0 radical (unpaired) electrons. The SMILES string of the molecule is COc1ccccc1NC(=O)CCN(C(C)=O)C1CCCCCC1. The van der Waals surface area contributed by atoms with E-state index in [0.717, 1.165) is 12.8 Å². The molecule has 2 amide bonds. The minimum Gasteiger partial charge on any atom is -0.495 e. The average molecular weight is 332 g/mol. The summed E-state index contributed by atoms with van der Waals surface area (Å²) in [6.07, 6.45) is 7.23. The van der Waals surface area contributed by atoms with E-state index in [1.807, 2.05) is 29.2 Å². The van der Waals surface area contributed by atoms with Gasteiger partial charge < -0.3 is 15.0 Å². The maximum atomic E-state index is 12.3. The zero-order valence-electron chi connectivity index (χ0n) is 14.7. The summed E-state index contributed by atoms with van der Waals surface area (Å²) in [6, 6.07) is 7.61. The van der Waals surface area contributed by atoms with Crippen LogP contribution < -0.4 is 10.1 Å². The number of nitrogens with one attached hydrogen (secondary N) is 1. The topological polar surface area (TPSA) is 58.6 Å². The van der Waals surface area contributed by atoms with Gasteiger partial charge in [0.2, 0.25) is 11.8 Å². The first kappa shape index (κ1) is 18.3. The van der Waals surface area contributed by atoms with Crippen molar-refractivity contribution in [3.05, 3.63) is 24.3 Å². The van der Waals surface area contributed by atoms with Crippen LogP contribution in [0.5, 0.6) is 5.75 Å². The van der Waals surface area contributed by atoms with E-state index in [4.69, 9.17) is 4.74 Å². The number of carbonyl (C=O) groups excluding carboxylic acids is 2. The summed E-state index contributed by atoms with van der Waals surface area (Å²) in [7, 11) is 1.58. The number of hydrogen-bond acceptors (Lipinski definition) is 3. The van der Waals surface area contributed by atoms with Crippen molar-refractivity contribution in [3.8, 4) is 5.75 Å². The average Bonchev–Trinajstić information content (AvgIpc) is 2.84. The van der Waals surface area contributed by atoms with Gasteiger partial charge in [0.15, 0.2) is 0 Å². The summed E-state index contributed by atoms with van der Waals surface area (Å²) in [5.41, 5.74) is 0.661. The summed E-state index contributed by atoms with van der Waals surface area (Å²) >= 11 is 0. The van der Waals surface area contributed by atoms with Gasteiger partial charge in [0, 0.05) is 25.9 Å². The smallest absolute Gasteiger partial charge is 0.226 e.